The van der Waals surface area contributed by atoms with E-state index in [0.29, 0.717) is 6.04 Å². The second-order valence-electron chi connectivity index (χ2n) is 5.71. The van der Waals surface area contributed by atoms with Crippen LogP contribution in [0.2, 0.25) is 5.02 Å². The summed E-state index contributed by atoms with van der Waals surface area (Å²) >= 11 is 11.7. The minimum Gasteiger partial charge on any atom is -0.331 e. The molecule has 4 rings (SSSR count). The molecule has 1 aromatic heterocycles. The zero-order chi connectivity index (χ0) is 13.9. The molecule has 0 aliphatic carbocycles. The van der Waals surface area contributed by atoms with Crippen LogP contribution < -0.4 is 0 Å². The van der Waals surface area contributed by atoms with Gasteiger partial charge in [0.1, 0.15) is 0 Å². The van der Waals surface area contributed by atoms with Gasteiger partial charge in [0.2, 0.25) is 0 Å². The highest BCUT2D eigenvalue weighted by atomic mass is 35.5. The quantitative estimate of drug-likeness (QED) is 0.590. The molecule has 5 heteroatoms. The lowest BCUT2D eigenvalue weighted by Crippen LogP contribution is -2.30. The Kier molecular flexibility index (Phi) is 2.81. The third-order valence-electron chi connectivity index (χ3n) is 4.51. The predicted molar refractivity (Wildman–Crippen MR) is 84.7 cm³/mol. The third kappa shape index (κ3) is 1.79. The van der Waals surface area contributed by atoms with Crippen molar-refractivity contribution in [3.05, 3.63) is 39.1 Å². The van der Waals surface area contributed by atoms with E-state index in [1.165, 1.54) is 16.7 Å². The van der Waals surface area contributed by atoms with Gasteiger partial charge in [-0.3, -0.25) is 4.90 Å². The van der Waals surface area contributed by atoms with Gasteiger partial charge in [-0.1, -0.05) is 23.3 Å². The lowest BCUT2D eigenvalue weighted by atomic mass is 10.1. The average Bonchev–Trinajstić information content (AvgIpc) is 2.87. The van der Waals surface area contributed by atoms with Crippen LogP contribution in [-0.4, -0.2) is 27.0 Å². The maximum atomic E-state index is 6.25. The van der Waals surface area contributed by atoms with Crippen LogP contribution in [0, 0.1) is 4.77 Å². The van der Waals surface area contributed by atoms with Gasteiger partial charge in [-0.05, 0) is 43.3 Å². The SMILES string of the molecule is C/C=C1/C[C@H]2Cn3c(=S)[nH]c4cc(Cl)cc(c43)CN2C1. The van der Waals surface area contributed by atoms with E-state index >= 15 is 0 Å². The van der Waals surface area contributed by atoms with Gasteiger partial charge in [0.25, 0.3) is 0 Å². The van der Waals surface area contributed by atoms with Crippen molar-refractivity contribution < 1.29 is 0 Å². The molecule has 0 amide bonds. The first kappa shape index (κ1) is 12.6. The first-order valence-corrected chi connectivity index (χ1v) is 7.73. The van der Waals surface area contributed by atoms with Gasteiger partial charge < -0.3 is 9.55 Å². The lowest BCUT2D eigenvalue weighted by molar-refractivity contribution is 0.234. The van der Waals surface area contributed by atoms with Crippen molar-refractivity contribution >= 4 is 34.9 Å². The van der Waals surface area contributed by atoms with Crippen LogP contribution in [0.5, 0.6) is 0 Å². The molecule has 0 radical (unpaired) electrons. The number of benzene rings is 1. The van der Waals surface area contributed by atoms with Gasteiger partial charge in [0, 0.05) is 30.7 Å². The zero-order valence-electron chi connectivity index (χ0n) is 11.3. The fraction of sp³-hybridized carbons (Fsp3) is 0.400. The standard InChI is InChI=1S/C15H16ClN3S/c1-2-9-3-12-8-19-14-10(7-18(12)6-9)4-11(16)5-13(14)17-15(19)20/h2,4-5,12H,3,6-8H2,1H3,(H,17,20)/b9-2-/t12-/m0/s1. The van der Waals surface area contributed by atoms with Crippen molar-refractivity contribution in [3.63, 3.8) is 0 Å². The normalized spacial score (nSPS) is 24.3. The number of aromatic nitrogens is 2. The molecule has 3 nitrogen and oxygen atoms in total. The van der Waals surface area contributed by atoms with Gasteiger partial charge in [-0.15, -0.1) is 0 Å². The maximum absolute atomic E-state index is 6.25. The van der Waals surface area contributed by atoms with Crippen LogP contribution in [0.25, 0.3) is 11.0 Å². The van der Waals surface area contributed by atoms with Crippen molar-refractivity contribution in [2.24, 2.45) is 0 Å². The van der Waals surface area contributed by atoms with Crippen molar-refractivity contribution in [2.75, 3.05) is 6.54 Å². The summed E-state index contributed by atoms with van der Waals surface area (Å²) in [4.78, 5) is 5.84. The number of nitrogens with zero attached hydrogens (tertiary/aromatic N) is 2. The van der Waals surface area contributed by atoms with E-state index in [9.17, 15) is 0 Å². The number of nitrogens with one attached hydrogen (secondary N) is 1. The fourth-order valence-corrected chi connectivity index (χ4v) is 4.06. The molecule has 0 spiro atoms. The Morgan fingerprint density at radius 3 is 3.05 bits per heavy atom. The molecule has 0 bridgehead atoms. The molecule has 3 heterocycles. The second-order valence-corrected chi connectivity index (χ2v) is 6.53. The minimum atomic E-state index is 0.540. The second kappa shape index (κ2) is 4.45. The highest BCUT2D eigenvalue weighted by molar-refractivity contribution is 7.71. The van der Waals surface area contributed by atoms with E-state index in [1.54, 1.807) is 0 Å². The van der Waals surface area contributed by atoms with E-state index in [2.05, 4.69) is 33.5 Å². The molecule has 0 unspecified atom stereocenters. The van der Waals surface area contributed by atoms with E-state index in [1.807, 2.05) is 6.07 Å². The smallest absolute Gasteiger partial charge is 0.178 e. The number of halogens is 1. The van der Waals surface area contributed by atoms with Gasteiger partial charge in [0.15, 0.2) is 4.77 Å². The molecule has 1 atom stereocenters. The molecular weight excluding hydrogens is 290 g/mol. The van der Waals surface area contributed by atoms with Gasteiger partial charge in [0.05, 0.1) is 11.0 Å². The first-order valence-electron chi connectivity index (χ1n) is 6.95. The Morgan fingerprint density at radius 1 is 1.40 bits per heavy atom. The van der Waals surface area contributed by atoms with Crippen LogP contribution in [0.3, 0.4) is 0 Å². The summed E-state index contributed by atoms with van der Waals surface area (Å²) in [7, 11) is 0. The molecule has 1 fully saturated rings. The molecule has 0 saturated carbocycles. The molecule has 1 N–H and O–H groups in total. The molecule has 2 aliphatic heterocycles. The third-order valence-corrected chi connectivity index (χ3v) is 5.05. The Bertz CT molecular complexity index is 786. The summed E-state index contributed by atoms with van der Waals surface area (Å²) in [5.74, 6) is 0. The molecule has 104 valence electrons. The number of rotatable bonds is 0. The molecule has 20 heavy (non-hydrogen) atoms. The van der Waals surface area contributed by atoms with Crippen molar-refractivity contribution in [1.29, 1.82) is 0 Å². The minimum absolute atomic E-state index is 0.540. The van der Waals surface area contributed by atoms with E-state index in [-0.39, 0.29) is 0 Å². The fourth-order valence-electron chi connectivity index (χ4n) is 3.54. The molecule has 1 aromatic carbocycles. The lowest BCUT2D eigenvalue weighted by Gasteiger charge is -2.21. The summed E-state index contributed by atoms with van der Waals surface area (Å²) in [6.07, 6.45) is 3.39. The predicted octanol–water partition coefficient (Wildman–Crippen LogP) is 3.89. The molecular formula is C15H16ClN3S. The number of H-pyrrole nitrogens is 1. The van der Waals surface area contributed by atoms with Crippen molar-refractivity contribution in [2.45, 2.75) is 32.5 Å². The van der Waals surface area contributed by atoms with Crippen LogP contribution in [-0.2, 0) is 13.1 Å². The highest BCUT2D eigenvalue weighted by Gasteiger charge is 2.31. The molecule has 2 aromatic rings. The largest absolute Gasteiger partial charge is 0.331 e. The Morgan fingerprint density at radius 2 is 2.25 bits per heavy atom. The van der Waals surface area contributed by atoms with Crippen molar-refractivity contribution in [1.82, 2.24) is 14.5 Å². The van der Waals surface area contributed by atoms with E-state index in [4.69, 9.17) is 23.8 Å². The summed E-state index contributed by atoms with van der Waals surface area (Å²) < 4.78 is 3.05. The number of fused-ring (bicyclic) bond motifs is 1. The van der Waals surface area contributed by atoms with Crippen molar-refractivity contribution in [3.8, 4) is 0 Å². The highest BCUT2D eigenvalue weighted by Crippen LogP contribution is 2.33. The molecule has 1 saturated heterocycles. The number of aromatic amines is 1. The van der Waals surface area contributed by atoms with Crippen LogP contribution in [0.15, 0.2) is 23.8 Å². The Balaban J connectivity index is 1.92. The average molecular weight is 306 g/mol. The van der Waals surface area contributed by atoms with Gasteiger partial charge in [-0.25, -0.2) is 0 Å². The van der Waals surface area contributed by atoms with E-state index < -0.39 is 0 Å². The number of hydrogen-bond donors (Lipinski definition) is 1. The number of imidazole rings is 1. The van der Waals surface area contributed by atoms with E-state index in [0.717, 1.165) is 41.4 Å². The maximum Gasteiger partial charge on any atom is 0.178 e. The summed E-state index contributed by atoms with van der Waals surface area (Å²) in [5, 5.41) is 0.778. The zero-order valence-corrected chi connectivity index (χ0v) is 12.9. The summed E-state index contributed by atoms with van der Waals surface area (Å²) in [5.41, 5.74) is 5.10. The number of allylic oxidation sites excluding steroid dienone is 1. The first-order chi connectivity index (χ1) is 9.65. The Hall–Kier alpha value is -1.10. The monoisotopic (exact) mass is 305 g/mol. The molecule has 2 aliphatic rings. The van der Waals surface area contributed by atoms with Gasteiger partial charge >= 0.3 is 0 Å². The topological polar surface area (TPSA) is 24.0 Å². The van der Waals surface area contributed by atoms with Gasteiger partial charge in [-0.2, -0.15) is 0 Å². The van der Waals surface area contributed by atoms with Crippen LogP contribution in [0.1, 0.15) is 18.9 Å². The van der Waals surface area contributed by atoms with Crippen LogP contribution >= 0.6 is 23.8 Å². The van der Waals surface area contributed by atoms with Crippen LogP contribution in [0.4, 0.5) is 0 Å². The summed E-state index contributed by atoms with van der Waals surface area (Å²) in [6, 6.07) is 4.59. The number of hydrogen-bond acceptors (Lipinski definition) is 2. The Labute approximate surface area is 127 Å². The summed E-state index contributed by atoms with van der Waals surface area (Å²) in [6.45, 7) is 5.11.